The second-order valence-electron chi connectivity index (χ2n) is 7.91. The molecule has 6 nitrogen and oxygen atoms in total. The fourth-order valence-corrected chi connectivity index (χ4v) is 4.23. The van der Waals surface area contributed by atoms with E-state index < -0.39 is 0 Å². The van der Waals surface area contributed by atoms with Gasteiger partial charge in [0, 0.05) is 43.9 Å². The van der Waals surface area contributed by atoms with E-state index in [1.807, 2.05) is 42.2 Å². The summed E-state index contributed by atoms with van der Waals surface area (Å²) in [4.78, 5) is 17.5. The van der Waals surface area contributed by atoms with Crippen molar-refractivity contribution in [1.29, 1.82) is 0 Å². The third kappa shape index (κ3) is 5.70. The van der Waals surface area contributed by atoms with Crippen LogP contribution >= 0.6 is 0 Å². The van der Waals surface area contributed by atoms with Crippen LogP contribution < -0.4 is 19.1 Å². The van der Waals surface area contributed by atoms with E-state index in [-0.39, 0.29) is 11.9 Å². The molecule has 0 saturated carbocycles. The highest BCUT2D eigenvalue weighted by atomic mass is 16.5. The average molecular weight is 427 g/mol. The van der Waals surface area contributed by atoms with Crippen LogP contribution in [0.2, 0.25) is 0 Å². The third-order valence-electron chi connectivity index (χ3n) is 5.84. The monoisotopic (exact) mass is 426 g/mol. The zero-order valence-corrected chi connectivity index (χ0v) is 19.1. The van der Waals surface area contributed by atoms with Crippen LogP contribution in [-0.4, -0.2) is 51.3 Å². The van der Waals surface area contributed by atoms with Gasteiger partial charge < -0.3 is 19.1 Å². The Labute approximate surface area is 185 Å². The molecule has 0 aliphatic carbocycles. The Balaban J connectivity index is 1.72. The number of carbonyl (C=O) groups excluding carboxylic acids is 1. The van der Waals surface area contributed by atoms with E-state index in [0.717, 1.165) is 50.3 Å². The van der Waals surface area contributed by atoms with Crippen LogP contribution in [0.1, 0.15) is 38.2 Å². The number of anilines is 1. The number of amides is 1. The molecule has 0 radical (unpaired) electrons. The number of hydrogen-bond acceptors (Lipinski definition) is 5. The van der Waals surface area contributed by atoms with Gasteiger partial charge in [0.2, 0.25) is 5.91 Å². The van der Waals surface area contributed by atoms with Crippen molar-refractivity contribution in [3.05, 3.63) is 48.0 Å². The maximum absolute atomic E-state index is 13.1. The molecule has 2 aromatic carbocycles. The number of benzene rings is 2. The summed E-state index contributed by atoms with van der Waals surface area (Å²) in [5.41, 5.74) is 2.12. The quantitative estimate of drug-likeness (QED) is 0.591. The SMILES string of the molecule is CCCC(=O)N(c1ccc(OC)c(OC)c1)C1CCN(Cc2cccc(OC)c2)CC1. The highest BCUT2D eigenvalue weighted by Crippen LogP contribution is 2.34. The van der Waals surface area contributed by atoms with Gasteiger partial charge in [0.05, 0.1) is 21.3 Å². The molecule has 1 saturated heterocycles. The Hall–Kier alpha value is -2.73. The maximum Gasteiger partial charge on any atom is 0.227 e. The fourth-order valence-electron chi connectivity index (χ4n) is 4.23. The lowest BCUT2D eigenvalue weighted by molar-refractivity contribution is -0.119. The van der Waals surface area contributed by atoms with Gasteiger partial charge in [-0.3, -0.25) is 9.69 Å². The molecule has 1 amide bonds. The first-order valence-corrected chi connectivity index (χ1v) is 11.0. The number of methoxy groups -OCH3 is 3. The van der Waals surface area contributed by atoms with E-state index in [2.05, 4.69) is 17.0 Å². The number of piperidine rings is 1. The molecule has 0 unspecified atom stereocenters. The van der Waals surface area contributed by atoms with E-state index in [0.29, 0.717) is 17.9 Å². The van der Waals surface area contributed by atoms with Gasteiger partial charge in [0.15, 0.2) is 11.5 Å². The normalized spacial score (nSPS) is 14.8. The standard InChI is InChI=1S/C25H34N2O4/c1-5-7-25(28)27(21-10-11-23(30-3)24(17-21)31-4)20-12-14-26(15-13-20)18-19-8-6-9-22(16-19)29-2/h6,8-11,16-17,20H,5,7,12-15,18H2,1-4H3. The first-order chi connectivity index (χ1) is 15.1. The summed E-state index contributed by atoms with van der Waals surface area (Å²) in [5.74, 6) is 2.37. The molecule has 3 rings (SSSR count). The summed E-state index contributed by atoms with van der Waals surface area (Å²) in [7, 11) is 4.94. The van der Waals surface area contributed by atoms with Crippen LogP contribution in [0.4, 0.5) is 5.69 Å². The Bertz CT molecular complexity index is 862. The fraction of sp³-hybridized carbons (Fsp3) is 0.480. The minimum atomic E-state index is 0.168. The number of rotatable bonds is 9. The molecule has 1 heterocycles. The topological polar surface area (TPSA) is 51.2 Å². The van der Waals surface area contributed by atoms with Crippen molar-refractivity contribution < 1.29 is 19.0 Å². The lowest BCUT2D eigenvalue weighted by Crippen LogP contribution is -2.47. The zero-order valence-electron chi connectivity index (χ0n) is 19.1. The average Bonchev–Trinajstić information content (AvgIpc) is 2.80. The molecule has 0 aromatic heterocycles. The van der Waals surface area contributed by atoms with Gasteiger partial charge in [-0.2, -0.15) is 0 Å². The molecule has 1 fully saturated rings. The van der Waals surface area contributed by atoms with Gasteiger partial charge in [-0.1, -0.05) is 19.1 Å². The van der Waals surface area contributed by atoms with Gasteiger partial charge in [0.25, 0.3) is 0 Å². The molecule has 1 aliphatic rings. The first-order valence-electron chi connectivity index (χ1n) is 11.0. The lowest BCUT2D eigenvalue weighted by atomic mass is 10.0. The van der Waals surface area contributed by atoms with Crippen molar-refractivity contribution in [3.63, 3.8) is 0 Å². The smallest absolute Gasteiger partial charge is 0.227 e. The minimum absolute atomic E-state index is 0.168. The first kappa shape index (κ1) is 22.9. The van der Waals surface area contributed by atoms with Crippen LogP contribution in [0.25, 0.3) is 0 Å². The zero-order chi connectivity index (χ0) is 22.2. The number of likely N-dealkylation sites (tertiary alicyclic amines) is 1. The van der Waals surface area contributed by atoms with E-state index in [1.165, 1.54) is 5.56 Å². The summed E-state index contributed by atoms with van der Waals surface area (Å²) < 4.78 is 16.2. The molecule has 0 spiro atoms. The number of nitrogens with zero attached hydrogens (tertiary/aromatic N) is 2. The molecule has 31 heavy (non-hydrogen) atoms. The summed E-state index contributed by atoms with van der Waals surface area (Å²) >= 11 is 0. The Kier molecular flexibility index (Phi) is 8.18. The van der Waals surface area contributed by atoms with Crippen molar-refractivity contribution in [1.82, 2.24) is 4.90 Å². The summed E-state index contributed by atoms with van der Waals surface area (Å²) in [5, 5.41) is 0. The molecule has 1 aliphatic heterocycles. The van der Waals surface area contributed by atoms with Gasteiger partial charge in [-0.25, -0.2) is 0 Å². The summed E-state index contributed by atoms with van der Waals surface area (Å²) in [6.45, 7) is 4.83. The number of carbonyl (C=O) groups is 1. The molecular weight excluding hydrogens is 392 g/mol. The summed E-state index contributed by atoms with van der Waals surface area (Å²) in [6, 6.07) is 14.1. The molecule has 0 bridgehead atoms. The van der Waals surface area contributed by atoms with Gasteiger partial charge in [-0.15, -0.1) is 0 Å². The van der Waals surface area contributed by atoms with E-state index in [9.17, 15) is 4.79 Å². The van der Waals surface area contributed by atoms with E-state index >= 15 is 0 Å². The number of ether oxygens (including phenoxy) is 3. The van der Waals surface area contributed by atoms with Crippen molar-refractivity contribution in [2.45, 2.75) is 45.2 Å². The van der Waals surface area contributed by atoms with Crippen molar-refractivity contribution >= 4 is 11.6 Å². The summed E-state index contributed by atoms with van der Waals surface area (Å²) in [6.07, 6.45) is 3.25. The largest absolute Gasteiger partial charge is 0.497 e. The van der Waals surface area contributed by atoms with Crippen molar-refractivity contribution in [3.8, 4) is 17.2 Å². The molecule has 0 atom stereocenters. The van der Waals surface area contributed by atoms with Crippen LogP contribution in [0, 0.1) is 0 Å². The second-order valence-corrected chi connectivity index (χ2v) is 7.91. The van der Waals surface area contributed by atoms with Crippen molar-refractivity contribution in [2.24, 2.45) is 0 Å². The predicted octanol–water partition coefficient (Wildman–Crippen LogP) is 4.51. The maximum atomic E-state index is 13.1. The Morgan fingerprint density at radius 3 is 2.39 bits per heavy atom. The third-order valence-corrected chi connectivity index (χ3v) is 5.84. The Morgan fingerprint density at radius 2 is 1.74 bits per heavy atom. The highest BCUT2D eigenvalue weighted by Gasteiger charge is 2.29. The number of hydrogen-bond donors (Lipinski definition) is 0. The van der Waals surface area contributed by atoms with E-state index in [4.69, 9.17) is 14.2 Å². The van der Waals surface area contributed by atoms with Gasteiger partial charge >= 0.3 is 0 Å². The molecule has 2 aromatic rings. The molecular formula is C25H34N2O4. The van der Waals surface area contributed by atoms with E-state index in [1.54, 1.807) is 21.3 Å². The molecule has 0 N–H and O–H groups in total. The van der Waals surface area contributed by atoms with Crippen LogP contribution in [0.15, 0.2) is 42.5 Å². The highest BCUT2D eigenvalue weighted by molar-refractivity contribution is 5.94. The Morgan fingerprint density at radius 1 is 1.00 bits per heavy atom. The lowest BCUT2D eigenvalue weighted by Gasteiger charge is -2.39. The van der Waals surface area contributed by atoms with Gasteiger partial charge in [0.1, 0.15) is 5.75 Å². The van der Waals surface area contributed by atoms with Crippen LogP contribution in [0.3, 0.4) is 0 Å². The minimum Gasteiger partial charge on any atom is -0.497 e. The molecule has 6 heteroatoms. The van der Waals surface area contributed by atoms with Gasteiger partial charge in [-0.05, 0) is 49.1 Å². The van der Waals surface area contributed by atoms with Crippen LogP contribution in [0.5, 0.6) is 17.2 Å². The van der Waals surface area contributed by atoms with Crippen molar-refractivity contribution in [2.75, 3.05) is 39.3 Å². The predicted molar refractivity (Wildman–Crippen MR) is 123 cm³/mol. The second kappa shape index (κ2) is 11.0. The molecule has 168 valence electrons. The van der Waals surface area contributed by atoms with Crippen LogP contribution in [-0.2, 0) is 11.3 Å².